The number of aryl methyl sites for hydroxylation is 2. The van der Waals surface area contributed by atoms with E-state index in [1.165, 1.54) is 0 Å². The zero-order chi connectivity index (χ0) is 18.0. The molecule has 0 fully saturated rings. The van der Waals surface area contributed by atoms with Crippen LogP contribution in [0, 0.1) is 6.92 Å². The fraction of sp³-hybridized carbons (Fsp3) is 0.312. The van der Waals surface area contributed by atoms with Gasteiger partial charge in [0.1, 0.15) is 11.5 Å². The number of hydrazone groups is 1. The Morgan fingerprint density at radius 2 is 2.00 bits per heavy atom. The van der Waals surface area contributed by atoms with Crippen molar-refractivity contribution in [2.45, 2.75) is 33.2 Å². The summed E-state index contributed by atoms with van der Waals surface area (Å²) in [7, 11) is 0. The van der Waals surface area contributed by atoms with E-state index in [0.717, 1.165) is 23.4 Å². The van der Waals surface area contributed by atoms with Crippen molar-refractivity contribution in [2.24, 2.45) is 5.10 Å². The molecule has 1 aliphatic heterocycles. The molecule has 9 nitrogen and oxygen atoms in total. The Morgan fingerprint density at radius 3 is 2.68 bits per heavy atom. The van der Waals surface area contributed by atoms with Gasteiger partial charge in [-0.1, -0.05) is 0 Å². The molecule has 9 heteroatoms. The Kier molecular flexibility index (Phi) is 4.46. The van der Waals surface area contributed by atoms with Gasteiger partial charge in [0, 0.05) is 24.9 Å². The van der Waals surface area contributed by atoms with Gasteiger partial charge in [-0.15, -0.1) is 0 Å². The van der Waals surface area contributed by atoms with Gasteiger partial charge in [0.2, 0.25) is 5.91 Å². The van der Waals surface area contributed by atoms with Crippen molar-refractivity contribution in [1.29, 1.82) is 0 Å². The van der Waals surface area contributed by atoms with Crippen molar-refractivity contribution in [1.82, 2.24) is 25.8 Å². The molecule has 3 amide bonds. The molecule has 0 spiro atoms. The monoisotopic (exact) mass is 342 g/mol. The second-order valence-electron chi connectivity index (χ2n) is 5.61. The lowest BCUT2D eigenvalue weighted by molar-refractivity contribution is -0.121. The molecule has 2 heterocycles. The zero-order valence-corrected chi connectivity index (χ0v) is 13.9. The van der Waals surface area contributed by atoms with Gasteiger partial charge in [-0.05, 0) is 32.0 Å². The van der Waals surface area contributed by atoms with Crippen molar-refractivity contribution in [3.8, 4) is 0 Å². The highest BCUT2D eigenvalue weighted by Crippen LogP contribution is 2.17. The summed E-state index contributed by atoms with van der Waals surface area (Å²) in [6.07, 6.45) is 0.420. The van der Waals surface area contributed by atoms with E-state index in [4.69, 9.17) is 0 Å². The minimum atomic E-state index is -0.555. The lowest BCUT2D eigenvalue weighted by Crippen LogP contribution is -2.46. The van der Waals surface area contributed by atoms with Crippen LogP contribution < -0.4 is 16.3 Å². The van der Waals surface area contributed by atoms with Crippen molar-refractivity contribution >= 4 is 34.5 Å². The van der Waals surface area contributed by atoms with Crippen LogP contribution in [0.25, 0.3) is 11.0 Å². The molecule has 130 valence electrons. The maximum absolute atomic E-state index is 12.2. The van der Waals surface area contributed by atoms with E-state index < -0.39 is 11.8 Å². The van der Waals surface area contributed by atoms with Gasteiger partial charge in [-0.3, -0.25) is 25.2 Å². The highest BCUT2D eigenvalue weighted by atomic mass is 16.2. The van der Waals surface area contributed by atoms with Gasteiger partial charge in [0.15, 0.2) is 0 Å². The second-order valence-corrected chi connectivity index (χ2v) is 5.61. The first-order valence-electron chi connectivity index (χ1n) is 7.92. The minimum Gasteiger partial charge on any atom is -0.329 e. The van der Waals surface area contributed by atoms with Crippen LogP contribution in [0.15, 0.2) is 23.3 Å². The molecular weight excluding hydrogens is 324 g/mol. The number of nitrogens with one attached hydrogen (secondary N) is 3. The molecule has 0 radical (unpaired) electrons. The van der Waals surface area contributed by atoms with Crippen LogP contribution in [0.4, 0.5) is 0 Å². The van der Waals surface area contributed by atoms with E-state index in [9.17, 15) is 14.4 Å². The molecule has 1 aromatic carbocycles. The molecule has 1 aromatic heterocycles. The maximum Gasteiger partial charge on any atom is 0.285 e. The number of hydrogen-bond acceptors (Lipinski definition) is 5. The quantitative estimate of drug-likeness (QED) is 0.699. The Morgan fingerprint density at radius 1 is 1.24 bits per heavy atom. The van der Waals surface area contributed by atoms with Gasteiger partial charge in [0.25, 0.3) is 11.8 Å². The summed E-state index contributed by atoms with van der Waals surface area (Å²) in [5.41, 5.74) is 9.08. The largest absolute Gasteiger partial charge is 0.329 e. The molecule has 0 unspecified atom stereocenters. The summed E-state index contributed by atoms with van der Waals surface area (Å²) < 4.78 is 2.05. The van der Waals surface area contributed by atoms with Crippen molar-refractivity contribution < 1.29 is 14.4 Å². The Labute approximate surface area is 143 Å². The molecule has 3 rings (SSSR count). The molecule has 0 bridgehead atoms. The van der Waals surface area contributed by atoms with Crippen molar-refractivity contribution in [3.63, 3.8) is 0 Å². The third kappa shape index (κ3) is 3.35. The summed E-state index contributed by atoms with van der Waals surface area (Å²) >= 11 is 0. The SMILES string of the molecule is CCn1c(C)nc2cc(C(=O)NNC(=O)C3=NNC(=O)CC3)ccc21. The number of carbonyl (C=O) groups excluding carboxylic acids is 3. The number of amides is 3. The fourth-order valence-electron chi connectivity index (χ4n) is 2.69. The highest BCUT2D eigenvalue weighted by Gasteiger charge is 2.19. The molecule has 0 saturated heterocycles. The van der Waals surface area contributed by atoms with Gasteiger partial charge in [0.05, 0.1) is 11.0 Å². The molecule has 1 aliphatic rings. The predicted molar refractivity (Wildman–Crippen MR) is 90.6 cm³/mol. The second kappa shape index (κ2) is 6.71. The normalized spacial score (nSPS) is 14.0. The summed E-state index contributed by atoms with van der Waals surface area (Å²) in [4.78, 5) is 39.6. The fourth-order valence-corrected chi connectivity index (χ4v) is 2.69. The van der Waals surface area contributed by atoms with Crippen LogP contribution in [0.3, 0.4) is 0 Å². The topological polar surface area (TPSA) is 117 Å². The number of nitrogens with zero attached hydrogens (tertiary/aromatic N) is 3. The van der Waals surface area contributed by atoms with E-state index in [0.29, 0.717) is 5.56 Å². The highest BCUT2D eigenvalue weighted by molar-refractivity contribution is 6.39. The molecule has 25 heavy (non-hydrogen) atoms. The molecule has 0 saturated carbocycles. The van der Waals surface area contributed by atoms with Crippen LogP contribution in [-0.4, -0.2) is 33.0 Å². The van der Waals surface area contributed by atoms with Gasteiger partial charge < -0.3 is 4.57 Å². The standard InChI is InChI=1S/C16H18N6O3/c1-3-22-9(2)17-12-8-10(4-6-13(12)22)15(24)20-21-16(25)11-5-7-14(23)19-18-11/h4,6,8H,3,5,7H2,1-2H3,(H,19,23)(H,20,24)(H,21,25). The first-order valence-corrected chi connectivity index (χ1v) is 7.92. The van der Waals surface area contributed by atoms with E-state index in [2.05, 4.69) is 26.4 Å². The zero-order valence-electron chi connectivity index (χ0n) is 13.9. The van der Waals surface area contributed by atoms with E-state index in [1.807, 2.05) is 24.5 Å². The maximum atomic E-state index is 12.2. The molecular formula is C16H18N6O3. The van der Waals surface area contributed by atoms with Crippen LogP contribution in [0.5, 0.6) is 0 Å². The average Bonchev–Trinajstić information content (AvgIpc) is 2.93. The predicted octanol–water partition coefficient (Wildman–Crippen LogP) is 0.392. The average molecular weight is 342 g/mol. The van der Waals surface area contributed by atoms with Crippen LogP contribution in [0.1, 0.15) is 35.9 Å². The first kappa shape index (κ1) is 16.6. The van der Waals surface area contributed by atoms with Gasteiger partial charge in [-0.2, -0.15) is 5.10 Å². The number of aromatic nitrogens is 2. The number of hydrogen-bond donors (Lipinski definition) is 3. The van der Waals surface area contributed by atoms with E-state index >= 15 is 0 Å². The molecule has 0 aliphatic carbocycles. The lowest BCUT2D eigenvalue weighted by atomic mass is 10.1. The number of hydrazine groups is 1. The number of fused-ring (bicyclic) bond motifs is 1. The van der Waals surface area contributed by atoms with Crippen molar-refractivity contribution in [2.75, 3.05) is 0 Å². The molecule has 3 N–H and O–H groups in total. The smallest absolute Gasteiger partial charge is 0.285 e. The summed E-state index contributed by atoms with van der Waals surface area (Å²) in [6, 6.07) is 5.18. The third-order valence-corrected chi connectivity index (χ3v) is 3.97. The van der Waals surface area contributed by atoms with E-state index in [1.54, 1.807) is 12.1 Å². The van der Waals surface area contributed by atoms with Gasteiger partial charge in [-0.25, -0.2) is 10.4 Å². The molecule has 2 aromatic rings. The van der Waals surface area contributed by atoms with Gasteiger partial charge >= 0.3 is 0 Å². The first-order chi connectivity index (χ1) is 12.0. The Balaban J connectivity index is 1.68. The number of rotatable bonds is 3. The van der Waals surface area contributed by atoms with E-state index in [-0.39, 0.29) is 24.5 Å². The number of imidazole rings is 1. The summed E-state index contributed by atoms with van der Waals surface area (Å²) in [6.45, 7) is 4.73. The van der Waals surface area contributed by atoms with Crippen molar-refractivity contribution in [3.05, 3.63) is 29.6 Å². The third-order valence-electron chi connectivity index (χ3n) is 3.97. The minimum absolute atomic E-state index is 0.160. The Hall–Kier alpha value is -3.23. The van der Waals surface area contributed by atoms with Crippen LogP contribution >= 0.6 is 0 Å². The lowest BCUT2D eigenvalue weighted by Gasteiger charge is -2.12. The van der Waals surface area contributed by atoms with Crippen LogP contribution in [-0.2, 0) is 16.1 Å². The number of benzene rings is 1. The number of carbonyl (C=O) groups is 3. The Bertz CT molecular complexity index is 899. The summed E-state index contributed by atoms with van der Waals surface area (Å²) in [5.74, 6) is -0.378. The van der Waals surface area contributed by atoms with Crippen LogP contribution in [0.2, 0.25) is 0 Å². The molecule has 0 atom stereocenters. The summed E-state index contributed by atoms with van der Waals surface area (Å²) in [5, 5.41) is 3.66.